The minimum atomic E-state index is 0.134. The molecule has 2 N–H and O–H groups in total. The molecule has 0 saturated heterocycles. The van der Waals surface area contributed by atoms with Gasteiger partial charge in [0.2, 0.25) is 0 Å². The zero-order valence-corrected chi connectivity index (χ0v) is 12.5. The second kappa shape index (κ2) is 5.58. The monoisotopic (exact) mass is 270 g/mol. The lowest BCUT2D eigenvalue weighted by Gasteiger charge is -2.21. The number of phenols is 2. The van der Waals surface area contributed by atoms with Crippen molar-refractivity contribution < 1.29 is 10.2 Å². The van der Waals surface area contributed by atoms with E-state index in [2.05, 4.69) is 0 Å². The van der Waals surface area contributed by atoms with Gasteiger partial charge in [-0.1, -0.05) is 58.0 Å². The Morgan fingerprint density at radius 1 is 0.850 bits per heavy atom. The quantitative estimate of drug-likeness (QED) is 0.769. The fourth-order valence-electron chi connectivity index (χ4n) is 2.61. The maximum atomic E-state index is 10.6. The smallest absolute Gasteiger partial charge is 0.124 e. The van der Waals surface area contributed by atoms with Gasteiger partial charge in [-0.15, -0.1) is 0 Å². The van der Waals surface area contributed by atoms with Crippen LogP contribution in [0.5, 0.6) is 11.5 Å². The molecule has 0 amide bonds. The van der Waals surface area contributed by atoms with Gasteiger partial charge in [-0.25, -0.2) is 0 Å². The van der Waals surface area contributed by atoms with E-state index >= 15 is 0 Å². The standard InChI is InChI=1S/C18H22O2/c1-11(2)14-10-15(19)17(13-8-6-5-7-9-13)16(12(3)4)18(14)20/h5-12,19-20H,1-4H3. The van der Waals surface area contributed by atoms with Gasteiger partial charge >= 0.3 is 0 Å². The molecule has 0 radical (unpaired) electrons. The second-order valence-corrected chi connectivity index (χ2v) is 5.80. The summed E-state index contributed by atoms with van der Waals surface area (Å²) in [6.45, 7) is 8.09. The van der Waals surface area contributed by atoms with Crippen LogP contribution in [0.3, 0.4) is 0 Å². The molecular formula is C18H22O2. The molecular weight excluding hydrogens is 248 g/mol. The van der Waals surface area contributed by atoms with E-state index in [0.29, 0.717) is 5.75 Å². The Morgan fingerprint density at radius 2 is 1.45 bits per heavy atom. The molecule has 2 rings (SSSR count). The molecule has 0 aromatic heterocycles. The van der Waals surface area contributed by atoms with Crippen LogP contribution in [0.4, 0.5) is 0 Å². The molecule has 106 valence electrons. The summed E-state index contributed by atoms with van der Waals surface area (Å²) in [5.41, 5.74) is 3.28. The lowest BCUT2D eigenvalue weighted by atomic mass is 9.86. The van der Waals surface area contributed by atoms with E-state index in [-0.39, 0.29) is 17.6 Å². The molecule has 0 aliphatic rings. The summed E-state index contributed by atoms with van der Waals surface area (Å²) < 4.78 is 0. The topological polar surface area (TPSA) is 40.5 Å². The molecule has 0 fully saturated rings. The minimum Gasteiger partial charge on any atom is -0.507 e. The van der Waals surface area contributed by atoms with Crippen LogP contribution >= 0.6 is 0 Å². The van der Waals surface area contributed by atoms with Crippen molar-refractivity contribution in [3.8, 4) is 22.6 Å². The predicted molar refractivity (Wildman–Crippen MR) is 83.4 cm³/mol. The highest BCUT2D eigenvalue weighted by Crippen LogP contribution is 2.45. The van der Waals surface area contributed by atoms with E-state index in [1.807, 2.05) is 58.0 Å². The maximum Gasteiger partial charge on any atom is 0.124 e. The fourth-order valence-corrected chi connectivity index (χ4v) is 2.61. The molecule has 0 saturated carbocycles. The molecule has 0 heterocycles. The molecule has 2 nitrogen and oxygen atoms in total. The van der Waals surface area contributed by atoms with Crippen LogP contribution in [0.2, 0.25) is 0 Å². The lowest BCUT2D eigenvalue weighted by molar-refractivity contribution is 0.443. The molecule has 0 unspecified atom stereocenters. The number of aromatic hydroxyl groups is 2. The predicted octanol–water partition coefficient (Wildman–Crippen LogP) is 5.01. The Morgan fingerprint density at radius 3 is 1.95 bits per heavy atom. The van der Waals surface area contributed by atoms with Crippen molar-refractivity contribution in [2.24, 2.45) is 0 Å². The van der Waals surface area contributed by atoms with Gasteiger partial charge in [0.1, 0.15) is 11.5 Å². The number of rotatable bonds is 3. The van der Waals surface area contributed by atoms with E-state index in [1.54, 1.807) is 6.07 Å². The van der Waals surface area contributed by atoms with E-state index < -0.39 is 0 Å². The molecule has 2 heteroatoms. The highest BCUT2D eigenvalue weighted by molar-refractivity contribution is 5.78. The van der Waals surface area contributed by atoms with Crippen molar-refractivity contribution in [3.63, 3.8) is 0 Å². The zero-order chi connectivity index (χ0) is 14.9. The first-order valence-electron chi connectivity index (χ1n) is 7.07. The molecule has 0 aliphatic carbocycles. The van der Waals surface area contributed by atoms with Gasteiger partial charge in [0.15, 0.2) is 0 Å². The van der Waals surface area contributed by atoms with Crippen LogP contribution in [0.1, 0.15) is 50.7 Å². The Hall–Kier alpha value is -1.96. The summed E-state index contributed by atoms with van der Waals surface area (Å²) in [5, 5.41) is 21.0. The number of phenolic OH excluding ortho intramolecular Hbond substituents is 2. The third-order valence-electron chi connectivity index (χ3n) is 3.61. The first kappa shape index (κ1) is 14.4. The van der Waals surface area contributed by atoms with Crippen molar-refractivity contribution in [1.82, 2.24) is 0 Å². The van der Waals surface area contributed by atoms with Crippen LogP contribution in [0.25, 0.3) is 11.1 Å². The molecule has 2 aromatic rings. The van der Waals surface area contributed by atoms with Gasteiger partial charge in [0, 0.05) is 16.7 Å². The zero-order valence-electron chi connectivity index (χ0n) is 12.5. The largest absolute Gasteiger partial charge is 0.507 e. The first-order valence-corrected chi connectivity index (χ1v) is 7.07. The van der Waals surface area contributed by atoms with E-state index in [9.17, 15) is 10.2 Å². The Kier molecular flexibility index (Phi) is 4.03. The molecule has 0 atom stereocenters. The summed E-state index contributed by atoms with van der Waals surface area (Å²) in [6, 6.07) is 11.4. The molecule has 20 heavy (non-hydrogen) atoms. The SMILES string of the molecule is CC(C)c1cc(O)c(-c2ccccc2)c(C(C)C)c1O. The maximum absolute atomic E-state index is 10.6. The van der Waals surface area contributed by atoms with E-state index in [4.69, 9.17) is 0 Å². The van der Waals surface area contributed by atoms with Crippen molar-refractivity contribution in [2.75, 3.05) is 0 Å². The van der Waals surface area contributed by atoms with E-state index in [0.717, 1.165) is 22.3 Å². The summed E-state index contributed by atoms with van der Waals surface area (Å²) >= 11 is 0. The highest BCUT2D eigenvalue weighted by Gasteiger charge is 2.22. The summed E-state index contributed by atoms with van der Waals surface area (Å²) in [7, 11) is 0. The number of hydrogen-bond acceptors (Lipinski definition) is 2. The third-order valence-corrected chi connectivity index (χ3v) is 3.61. The summed E-state index contributed by atoms with van der Waals surface area (Å²) in [5.74, 6) is 0.853. The number of hydrogen-bond donors (Lipinski definition) is 2. The number of benzene rings is 2. The average Bonchev–Trinajstić information content (AvgIpc) is 2.40. The van der Waals surface area contributed by atoms with Gasteiger partial charge in [0.25, 0.3) is 0 Å². The van der Waals surface area contributed by atoms with Gasteiger partial charge in [-0.2, -0.15) is 0 Å². The summed E-state index contributed by atoms with van der Waals surface area (Å²) in [6.07, 6.45) is 0. The van der Waals surface area contributed by atoms with Crippen molar-refractivity contribution in [3.05, 3.63) is 47.5 Å². The van der Waals surface area contributed by atoms with Crippen LogP contribution < -0.4 is 0 Å². The minimum absolute atomic E-state index is 0.134. The average molecular weight is 270 g/mol. The molecule has 0 aliphatic heterocycles. The Balaban J connectivity index is 2.78. The lowest BCUT2D eigenvalue weighted by Crippen LogP contribution is -1.99. The van der Waals surface area contributed by atoms with Gasteiger partial charge in [0.05, 0.1) is 0 Å². The van der Waals surface area contributed by atoms with Gasteiger partial charge in [-0.3, -0.25) is 0 Å². The van der Waals surface area contributed by atoms with Gasteiger partial charge < -0.3 is 10.2 Å². The van der Waals surface area contributed by atoms with Crippen LogP contribution in [0, 0.1) is 0 Å². The van der Waals surface area contributed by atoms with Crippen LogP contribution in [-0.2, 0) is 0 Å². The van der Waals surface area contributed by atoms with Gasteiger partial charge in [-0.05, 0) is 23.5 Å². The van der Waals surface area contributed by atoms with E-state index in [1.165, 1.54) is 0 Å². The van der Waals surface area contributed by atoms with Crippen LogP contribution in [-0.4, -0.2) is 10.2 Å². The molecule has 0 spiro atoms. The van der Waals surface area contributed by atoms with Crippen molar-refractivity contribution >= 4 is 0 Å². The van der Waals surface area contributed by atoms with Crippen molar-refractivity contribution in [2.45, 2.75) is 39.5 Å². The fraction of sp³-hybridized carbons (Fsp3) is 0.333. The Bertz CT molecular complexity index is 599. The molecule has 2 aromatic carbocycles. The van der Waals surface area contributed by atoms with Crippen molar-refractivity contribution in [1.29, 1.82) is 0 Å². The highest BCUT2D eigenvalue weighted by atomic mass is 16.3. The normalized spacial score (nSPS) is 11.3. The third kappa shape index (κ3) is 2.51. The van der Waals surface area contributed by atoms with Crippen LogP contribution in [0.15, 0.2) is 36.4 Å². The summed E-state index contributed by atoms with van der Waals surface area (Å²) in [4.78, 5) is 0. The Labute approximate surface area is 120 Å². The first-order chi connectivity index (χ1) is 9.43. The second-order valence-electron chi connectivity index (χ2n) is 5.80. The molecule has 0 bridgehead atoms.